The summed E-state index contributed by atoms with van der Waals surface area (Å²) in [6, 6.07) is -0.560. The molecule has 0 aliphatic rings. The van der Waals surface area contributed by atoms with Gasteiger partial charge in [-0.1, -0.05) is 138 Å². The molecule has 234 valence electrons. The van der Waals surface area contributed by atoms with Crippen molar-refractivity contribution >= 4 is 5.91 Å². The fraction of sp³-hybridized carbons (Fsp3) is 0.649. The number of rotatable bonds is 28. The Labute approximate surface area is 253 Å². The van der Waals surface area contributed by atoms with Gasteiger partial charge in [0.25, 0.3) is 0 Å². The van der Waals surface area contributed by atoms with Crippen LogP contribution in [0.15, 0.2) is 72.9 Å². The second-order valence-electron chi connectivity index (χ2n) is 10.8. The summed E-state index contributed by atoms with van der Waals surface area (Å²) in [4.78, 5) is 12.2. The Bertz CT molecular complexity index is 747. The number of amides is 1. The molecule has 0 spiro atoms. The van der Waals surface area contributed by atoms with Crippen molar-refractivity contribution in [2.24, 2.45) is 0 Å². The highest BCUT2D eigenvalue weighted by Crippen LogP contribution is 2.12. The maximum absolute atomic E-state index is 12.2. The Hall–Kier alpha value is -2.17. The zero-order valence-corrected chi connectivity index (χ0v) is 26.5. The van der Waals surface area contributed by atoms with Crippen LogP contribution in [-0.2, 0) is 4.79 Å². The van der Waals surface area contributed by atoms with Gasteiger partial charge in [0.15, 0.2) is 0 Å². The van der Waals surface area contributed by atoms with Crippen LogP contribution in [0.4, 0.5) is 0 Å². The molecule has 0 saturated carbocycles. The SMILES string of the molecule is CC/C=C\C/C=C\C/C=C\C/C=C\C/C=C\C/C=C\CCCCC(=O)NC(CO)C(O)CCCCCCCCCC. The third-order valence-electron chi connectivity index (χ3n) is 6.98. The number of hydrogen-bond acceptors (Lipinski definition) is 3. The Morgan fingerprint density at radius 1 is 0.610 bits per heavy atom. The highest BCUT2D eigenvalue weighted by Gasteiger charge is 2.19. The first kappa shape index (κ1) is 38.8. The van der Waals surface area contributed by atoms with Crippen molar-refractivity contribution in [2.75, 3.05) is 6.61 Å². The largest absolute Gasteiger partial charge is 0.394 e. The second kappa shape index (κ2) is 32.3. The highest BCUT2D eigenvalue weighted by molar-refractivity contribution is 5.76. The van der Waals surface area contributed by atoms with E-state index < -0.39 is 12.1 Å². The van der Waals surface area contributed by atoms with Gasteiger partial charge >= 0.3 is 0 Å². The lowest BCUT2D eigenvalue weighted by atomic mass is 10.0. The summed E-state index contributed by atoms with van der Waals surface area (Å²) in [5, 5.41) is 22.8. The van der Waals surface area contributed by atoms with Crippen LogP contribution in [0.3, 0.4) is 0 Å². The zero-order valence-electron chi connectivity index (χ0n) is 26.5. The molecule has 0 aliphatic heterocycles. The van der Waals surface area contributed by atoms with E-state index >= 15 is 0 Å². The number of carbonyl (C=O) groups excluding carboxylic acids is 1. The molecule has 0 rings (SSSR count). The number of unbranched alkanes of at least 4 members (excludes halogenated alkanes) is 9. The maximum atomic E-state index is 12.2. The molecule has 0 aromatic carbocycles. The van der Waals surface area contributed by atoms with Crippen LogP contribution < -0.4 is 5.32 Å². The first-order valence-corrected chi connectivity index (χ1v) is 16.6. The van der Waals surface area contributed by atoms with Gasteiger partial charge in [0, 0.05) is 6.42 Å². The Balaban J connectivity index is 3.75. The normalized spacial score (nSPS) is 14.1. The molecule has 2 atom stereocenters. The molecule has 41 heavy (non-hydrogen) atoms. The molecule has 4 heteroatoms. The van der Waals surface area contributed by atoms with Crippen molar-refractivity contribution in [1.82, 2.24) is 5.32 Å². The van der Waals surface area contributed by atoms with Gasteiger partial charge in [-0.2, -0.15) is 0 Å². The predicted octanol–water partition coefficient (Wildman–Crippen LogP) is 9.61. The minimum Gasteiger partial charge on any atom is -0.394 e. The van der Waals surface area contributed by atoms with Crippen molar-refractivity contribution in [2.45, 2.75) is 148 Å². The van der Waals surface area contributed by atoms with E-state index in [0.717, 1.165) is 70.6 Å². The van der Waals surface area contributed by atoms with E-state index in [0.29, 0.717) is 12.8 Å². The van der Waals surface area contributed by atoms with E-state index in [1.54, 1.807) is 0 Å². The number of carbonyl (C=O) groups is 1. The molecular weight excluding hydrogens is 506 g/mol. The Morgan fingerprint density at radius 3 is 1.56 bits per heavy atom. The minimum absolute atomic E-state index is 0.0817. The molecule has 0 fully saturated rings. The van der Waals surface area contributed by atoms with Crippen molar-refractivity contribution in [3.05, 3.63) is 72.9 Å². The molecule has 0 heterocycles. The van der Waals surface area contributed by atoms with Gasteiger partial charge in [0.05, 0.1) is 18.8 Å². The number of nitrogens with one attached hydrogen (secondary N) is 1. The molecule has 0 radical (unpaired) electrons. The lowest BCUT2D eigenvalue weighted by molar-refractivity contribution is -0.123. The summed E-state index contributed by atoms with van der Waals surface area (Å²) in [6.45, 7) is 4.16. The molecule has 0 bridgehead atoms. The fourth-order valence-corrected chi connectivity index (χ4v) is 4.42. The topological polar surface area (TPSA) is 69.6 Å². The highest BCUT2D eigenvalue weighted by atomic mass is 16.3. The van der Waals surface area contributed by atoms with Crippen LogP contribution in [0.25, 0.3) is 0 Å². The van der Waals surface area contributed by atoms with Crippen molar-refractivity contribution in [3.63, 3.8) is 0 Å². The zero-order chi connectivity index (χ0) is 30.1. The van der Waals surface area contributed by atoms with Gasteiger partial charge < -0.3 is 15.5 Å². The van der Waals surface area contributed by atoms with E-state index in [-0.39, 0.29) is 12.5 Å². The standard InChI is InChI=1S/C37H63NO3/c1-3-5-7-9-11-13-14-15-16-17-18-19-20-21-22-23-24-25-27-29-31-33-37(41)38-35(34-39)36(40)32-30-28-26-12-10-8-6-4-2/h5,7,11,13,15-16,18-19,21-22,24-25,35-36,39-40H,3-4,6,8-10,12,14,17,20,23,26-34H2,1-2H3,(H,38,41)/b7-5-,13-11-,16-15-,19-18-,22-21-,25-24-. The number of aliphatic hydroxyl groups excluding tert-OH is 2. The summed E-state index contributed by atoms with van der Waals surface area (Å²) in [5.41, 5.74) is 0. The van der Waals surface area contributed by atoms with E-state index in [2.05, 4.69) is 92.1 Å². The van der Waals surface area contributed by atoms with Gasteiger partial charge in [0.1, 0.15) is 0 Å². The number of hydrogen-bond donors (Lipinski definition) is 3. The van der Waals surface area contributed by atoms with Crippen LogP contribution in [0.5, 0.6) is 0 Å². The van der Waals surface area contributed by atoms with Gasteiger partial charge in [-0.3, -0.25) is 4.79 Å². The van der Waals surface area contributed by atoms with Crippen LogP contribution in [0.1, 0.15) is 136 Å². The van der Waals surface area contributed by atoms with E-state index in [1.807, 2.05) is 0 Å². The summed E-state index contributed by atoms with van der Waals surface area (Å²) in [5.74, 6) is -0.0817. The molecular formula is C37H63NO3. The van der Waals surface area contributed by atoms with E-state index in [1.165, 1.54) is 38.5 Å². The van der Waals surface area contributed by atoms with Crippen LogP contribution in [-0.4, -0.2) is 34.9 Å². The number of allylic oxidation sites excluding steroid dienone is 12. The van der Waals surface area contributed by atoms with Crippen LogP contribution in [0, 0.1) is 0 Å². The van der Waals surface area contributed by atoms with E-state index in [4.69, 9.17) is 0 Å². The third-order valence-corrected chi connectivity index (χ3v) is 6.98. The second-order valence-corrected chi connectivity index (χ2v) is 10.8. The predicted molar refractivity (Wildman–Crippen MR) is 179 cm³/mol. The summed E-state index contributed by atoms with van der Waals surface area (Å²) >= 11 is 0. The first-order chi connectivity index (χ1) is 20.2. The van der Waals surface area contributed by atoms with Gasteiger partial charge in [-0.05, 0) is 64.2 Å². The summed E-state index contributed by atoms with van der Waals surface area (Å²) < 4.78 is 0. The van der Waals surface area contributed by atoms with Crippen LogP contribution in [0.2, 0.25) is 0 Å². The van der Waals surface area contributed by atoms with Crippen molar-refractivity contribution < 1.29 is 15.0 Å². The molecule has 0 saturated heterocycles. The van der Waals surface area contributed by atoms with Gasteiger partial charge in [-0.25, -0.2) is 0 Å². The Morgan fingerprint density at radius 2 is 1.07 bits per heavy atom. The average Bonchev–Trinajstić information content (AvgIpc) is 2.97. The quantitative estimate of drug-likeness (QED) is 0.0649. The van der Waals surface area contributed by atoms with Gasteiger partial charge in [0.2, 0.25) is 5.91 Å². The average molecular weight is 570 g/mol. The van der Waals surface area contributed by atoms with E-state index in [9.17, 15) is 15.0 Å². The van der Waals surface area contributed by atoms with Crippen molar-refractivity contribution in [1.29, 1.82) is 0 Å². The van der Waals surface area contributed by atoms with Crippen molar-refractivity contribution in [3.8, 4) is 0 Å². The monoisotopic (exact) mass is 569 g/mol. The molecule has 1 amide bonds. The summed E-state index contributed by atoms with van der Waals surface area (Å²) in [6.07, 6.45) is 45.3. The minimum atomic E-state index is -0.678. The van der Waals surface area contributed by atoms with Crippen LogP contribution >= 0.6 is 0 Å². The lowest BCUT2D eigenvalue weighted by Gasteiger charge is -2.22. The third kappa shape index (κ3) is 29.1. The summed E-state index contributed by atoms with van der Waals surface area (Å²) in [7, 11) is 0. The smallest absolute Gasteiger partial charge is 0.220 e. The lowest BCUT2D eigenvalue weighted by Crippen LogP contribution is -2.45. The van der Waals surface area contributed by atoms with Gasteiger partial charge in [-0.15, -0.1) is 0 Å². The molecule has 0 aromatic heterocycles. The maximum Gasteiger partial charge on any atom is 0.220 e. The molecule has 4 nitrogen and oxygen atoms in total. The molecule has 0 aliphatic carbocycles. The Kier molecular flexibility index (Phi) is 30.6. The molecule has 2 unspecified atom stereocenters. The first-order valence-electron chi connectivity index (χ1n) is 16.6. The molecule has 3 N–H and O–H groups in total. The fourth-order valence-electron chi connectivity index (χ4n) is 4.42. The molecule has 0 aromatic rings. The number of aliphatic hydroxyl groups is 2.